The van der Waals surface area contributed by atoms with Crippen molar-refractivity contribution in [3.05, 3.63) is 54.1 Å². The number of amides is 6. The van der Waals surface area contributed by atoms with Gasteiger partial charge >= 0.3 is 5.97 Å². The van der Waals surface area contributed by atoms with E-state index in [1.165, 1.54) is 11.2 Å². The number of aliphatic hydroxyl groups is 1. The van der Waals surface area contributed by atoms with Crippen LogP contribution in [0, 0.1) is 5.92 Å². The van der Waals surface area contributed by atoms with Gasteiger partial charge < -0.3 is 52.8 Å². The number of likely N-dealkylation sites (tertiary alicyclic amines) is 1. The van der Waals surface area contributed by atoms with Crippen LogP contribution in [-0.4, -0.2) is 116 Å². The molecule has 18 nitrogen and oxygen atoms in total. The quantitative estimate of drug-likeness (QED) is 0.0708. The third-order valence-electron chi connectivity index (χ3n) is 8.52. The van der Waals surface area contributed by atoms with E-state index in [9.17, 15) is 43.8 Å². The second kappa shape index (κ2) is 19.9. The van der Waals surface area contributed by atoms with E-state index in [-0.39, 0.29) is 44.6 Å². The Labute approximate surface area is 300 Å². The number of primary amides is 1. The van der Waals surface area contributed by atoms with Crippen molar-refractivity contribution in [1.82, 2.24) is 36.1 Å². The van der Waals surface area contributed by atoms with E-state index < -0.39 is 84.3 Å². The topological polar surface area (TPSA) is 292 Å². The molecule has 0 radical (unpaired) electrons. The Bertz CT molecular complexity index is 1540. The van der Waals surface area contributed by atoms with Gasteiger partial charge in [-0.1, -0.05) is 44.2 Å². The number of benzene rings is 1. The van der Waals surface area contributed by atoms with Gasteiger partial charge in [0.1, 0.15) is 30.2 Å². The number of nitrogens with zero attached hydrogens (tertiary/aromatic N) is 2. The van der Waals surface area contributed by atoms with E-state index in [1.54, 1.807) is 50.4 Å². The molecule has 0 spiro atoms. The van der Waals surface area contributed by atoms with E-state index >= 15 is 0 Å². The molecule has 52 heavy (non-hydrogen) atoms. The van der Waals surface area contributed by atoms with Gasteiger partial charge in [-0.15, -0.1) is 0 Å². The van der Waals surface area contributed by atoms with Crippen LogP contribution < -0.4 is 32.7 Å². The Morgan fingerprint density at radius 3 is 2.15 bits per heavy atom. The molecule has 1 aromatic carbocycles. The Morgan fingerprint density at radius 1 is 0.923 bits per heavy atom. The number of H-pyrrole nitrogens is 1. The first-order chi connectivity index (χ1) is 24.7. The third-order valence-corrected chi connectivity index (χ3v) is 8.52. The van der Waals surface area contributed by atoms with Crippen LogP contribution in [0.25, 0.3) is 0 Å². The molecule has 0 aliphatic carbocycles. The van der Waals surface area contributed by atoms with Crippen molar-refractivity contribution in [3.8, 4) is 0 Å². The second-order valence-corrected chi connectivity index (χ2v) is 13.2. The number of carboxylic acids is 1. The molecule has 1 saturated heterocycles. The number of carbonyl (C=O) groups excluding carboxylic acids is 6. The van der Waals surface area contributed by atoms with E-state index in [0.717, 1.165) is 0 Å². The van der Waals surface area contributed by atoms with Crippen LogP contribution in [-0.2, 0) is 46.4 Å². The van der Waals surface area contributed by atoms with Crippen LogP contribution in [0.5, 0.6) is 0 Å². The highest BCUT2D eigenvalue weighted by atomic mass is 16.4. The number of aromatic nitrogens is 2. The molecule has 2 aromatic rings. The lowest BCUT2D eigenvalue weighted by Crippen LogP contribution is -2.59. The molecular formula is C34H49N9O9. The summed E-state index contributed by atoms with van der Waals surface area (Å²) in [4.78, 5) is 98.9. The van der Waals surface area contributed by atoms with Crippen molar-refractivity contribution in [2.45, 2.75) is 95.0 Å². The van der Waals surface area contributed by atoms with E-state index in [2.05, 4.69) is 31.2 Å². The van der Waals surface area contributed by atoms with E-state index in [1.807, 2.05) is 0 Å². The zero-order valence-corrected chi connectivity index (χ0v) is 29.2. The smallest absolute Gasteiger partial charge is 0.328 e. The molecule has 0 saturated carbocycles. The van der Waals surface area contributed by atoms with Gasteiger partial charge in [-0.2, -0.15) is 0 Å². The zero-order valence-electron chi connectivity index (χ0n) is 29.2. The molecule has 1 aliphatic heterocycles. The van der Waals surface area contributed by atoms with Crippen molar-refractivity contribution in [2.75, 3.05) is 13.2 Å². The maximum absolute atomic E-state index is 13.8. The molecule has 0 unspecified atom stereocenters. The highest BCUT2D eigenvalue weighted by Gasteiger charge is 2.38. The highest BCUT2D eigenvalue weighted by molar-refractivity contribution is 5.96. The standard InChI is InChI=1S/C34H49N9O9/c1-19(2)13-24(30(47)42-26(17-44)34(51)52)40-31(48)25(14-20-7-4-3-5-8-20)41-29(46)23(10-11-28(36)45)39-32(49)27-9-6-12-43(27)33(50)22(35)15-21-16-37-18-38-21/h3-5,7-8,16,18-19,22-27,44H,6,9-15,17,35H2,1-2H3,(H2,36,45)(H,37,38)(H,39,49)(H,40,48)(H,41,46)(H,42,47)(H,51,52)/t22-,23-,24-,25-,26-,27-/m0/s1. The van der Waals surface area contributed by atoms with Crippen LogP contribution in [0.3, 0.4) is 0 Å². The number of carboxylic acid groups (broad SMARTS) is 1. The van der Waals surface area contributed by atoms with E-state index in [4.69, 9.17) is 11.5 Å². The minimum atomic E-state index is -1.60. The van der Waals surface area contributed by atoms with Crippen LogP contribution in [0.2, 0.25) is 0 Å². The highest BCUT2D eigenvalue weighted by Crippen LogP contribution is 2.20. The van der Waals surface area contributed by atoms with Crippen molar-refractivity contribution in [3.63, 3.8) is 0 Å². The van der Waals surface area contributed by atoms with Crippen molar-refractivity contribution in [1.29, 1.82) is 0 Å². The molecule has 0 bridgehead atoms. The normalized spacial score (nSPS) is 16.9. The summed E-state index contributed by atoms with van der Waals surface area (Å²) in [5.41, 5.74) is 12.8. The number of hydrogen-bond acceptors (Lipinski definition) is 10. The average molecular weight is 728 g/mol. The van der Waals surface area contributed by atoms with Crippen LogP contribution >= 0.6 is 0 Å². The van der Waals surface area contributed by atoms with Crippen molar-refractivity contribution in [2.24, 2.45) is 17.4 Å². The van der Waals surface area contributed by atoms with Gasteiger partial charge in [0.25, 0.3) is 0 Å². The summed E-state index contributed by atoms with van der Waals surface area (Å²) in [6.45, 7) is 2.96. The minimum Gasteiger partial charge on any atom is -0.480 e. The summed E-state index contributed by atoms with van der Waals surface area (Å²) in [7, 11) is 0. The fourth-order valence-corrected chi connectivity index (χ4v) is 5.82. The largest absolute Gasteiger partial charge is 0.480 e. The monoisotopic (exact) mass is 727 g/mol. The molecule has 18 heteroatoms. The first-order valence-electron chi connectivity index (χ1n) is 17.1. The Kier molecular flexibility index (Phi) is 15.7. The van der Waals surface area contributed by atoms with Gasteiger partial charge in [0.2, 0.25) is 35.4 Å². The predicted octanol–water partition coefficient (Wildman–Crippen LogP) is -2.16. The summed E-state index contributed by atoms with van der Waals surface area (Å²) < 4.78 is 0. The number of aliphatic hydroxyl groups excluding tert-OH is 1. The molecule has 2 heterocycles. The lowest BCUT2D eigenvalue weighted by Gasteiger charge is -2.29. The van der Waals surface area contributed by atoms with E-state index in [0.29, 0.717) is 24.1 Å². The number of hydrogen-bond donors (Lipinski definition) is 9. The zero-order chi connectivity index (χ0) is 38.4. The Morgan fingerprint density at radius 2 is 1.56 bits per heavy atom. The fourth-order valence-electron chi connectivity index (χ4n) is 5.82. The molecule has 1 aliphatic rings. The number of nitrogens with two attached hydrogens (primary N) is 2. The molecule has 6 atom stereocenters. The summed E-state index contributed by atoms with van der Waals surface area (Å²) in [5.74, 6) is -5.91. The van der Waals surface area contributed by atoms with Crippen molar-refractivity contribution < 1.29 is 43.8 Å². The lowest BCUT2D eigenvalue weighted by atomic mass is 10.00. The molecule has 1 fully saturated rings. The molecule has 3 rings (SSSR count). The van der Waals surface area contributed by atoms with Crippen LogP contribution in [0.1, 0.15) is 57.2 Å². The Hall–Kier alpha value is -5.36. The lowest BCUT2D eigenvalue weighted by molar-refractivity contribution is -0.143. The van der Waals surface area contributed by atoms with Gasteiger partial charge in [-0.3, -0.25) is 28.8 Å². The second-order valence-electron chi connectivity index (χ2n) is 13.2. The first kappa shape index (κ1) is 41.1. The van der Waals surface area contributed by atoms with Gasteiger partial charge in [0.15, 0.2) is 0 Å². The molecule has 11 N–H and O–H groups in total. The molecule has 284 valence electrons. The van der Waals surface area contributed by atoms with Crippen LogP contribution in [0.15, 0.2) is 42.9 Å². The number of carbonyl (C=O) groups is 7. The summed E-state index contributed by atoms with van der Waals surface area (Å²) in [6.07, 6.45) is 3.52. The SMILES string of the molecule is CC(C)C[C@H](NC(=O)[C@H](Cc1ccccc1)NC(=O)[C@H](CCC(N)=O)NC(=O)[C@@H]1CCCN1C(=O)[C@@H](N)Cc1cnc[nH]1)C(=O)N[C@@H](CO)C(=O)O. The predicted molar refractivity (Wildman–Crippen MR) is 185 cm³/mol. The maximum atomic E-state index is 13.8. The van der Waals surface area contributed by atoms with Gasteiger partial charge in [0.05, 0.1) is 19.0 Å². The Balaban J connectivity index is 1.81. The molecular weight excluding hydrogens is 678 g/mol. The minimum absolute atomic E-state index is 0.0432. The molecule has 1 aromatic heterocycles. The van der Waals surface area contributed by atoms with Gasteiger partial charge in [-0.25, -0.2) is 9.78 Å². The number of aliphatic carboxylic acids is 1. The number of imidazole rings is 1. The average Bonchev–Trinajstić information content (AvgIpc) is 3.80. The van der Waals surface area contributed by atoms with Crippen molar-refractivity contribution >= 4 is 41.4 Å². The third kappa shape index (κ3) is 12.4. The first-order valence-corrected chi connectivity index (χ1v) is 17.1. The fraction of sp³-hybridized carbons (Fsp3) is 0.529. The van der Waals surface area contributed by atoms with Gasteiger partial charge in [0, 0.05) is 37.7 Å². The summed E-state index contributed by atoms with van der Waals surface area (Å²) in [5, 5.41) is 28.8. The number of rotatable bonds is 20. The number of aromatic amines is 1. The molecule has 6 amide bonds. The summed E-state index contributed by atoms with van der Waals surface area (Å²) in [6, 6.07) is 1.27. The summed E-state index contributed by atoms with van der Waals surface area (Å²) >= 11 is 0. The van der Waals surface area contributed by atoms with Gasteiger partial charge in [-0.05, 0) is 37.2 Å². The number of nitrogens with one attached hydrogen (secondary N) is 5. The maximum Gasteiger partial charge on any atom is 0.328 e. The van der Waals surface area contributed by atoms with Crippen LogP contribution in [0.4, 0.5) is 0 Å².